The highest BCUT2D eigenvalue weighted by Crippen LogP contribution is 2.66. The predicted molar refractivity (Wildman–Crippen MR) is 163 cm³/mol. The van der Waals surface area contributed by atoms with Crippen molar-refractivity contribution >= 4 is 40.8 Å². The number of anilines is 1. The number of nitrogens with zero attached hydrogens (tertiary/aromatic N) is 1. The number of alkyl halides is 2. The third-order valence-electron chi connectivity index (χ3n) is 11.7. The summed E-state index contributed by atoms with van der Waals surface area (Å²) in [7, 11) is 0. The summed E-state index contributed by atoms with van der Waals surface area (Å²) in [6, 6.07) is 8.46. The van der Waals surface area contributed by atoms with Crippen LogP contribution in [0.3, 0.4) is 0 Å². The molecule has 1 amide bonds. The first kappa shape index (κ1) is 30.0. The highest BCUT2D eigenvalue weighted by molar-refractivity contribution is 6.18. The Labute approximate surface area is 251 Å². The maximum atomic E-state index is 12.9. The van der Waals surface area contributed by atoms with E-state index in [0.29, 0.717) is 35.6 Å². The van der Waals surface area contributed by atoms with Crippen LogP contribution in [0.1, 0.15) is 84.1 Å². The second-order valence-corrected chi connectivity index (χ2v) is 14.4. The van der Waals surface area contributed by atoms with Gasteiger partial charge in [0, 0.05) is 43.5 Å². The Kier molecular flexibility index (Phi) is 9.31. The highest BCUT2D eigenvalue weighted by Gasteiger charge is 2.60. The van der Waals surface area contributed by atoms with Gasteiger partial charge in [-0.2, -0.15) is 0 Å². The molecule has 1 aromatic carbocycles. The fraction of sp³-hybridized carbons (Fsp3) is 0.758. The van der Waals surface area contributed by atoms with E-state index in [1.165, 1.54) is 32.1 Å². The molecule has 8 atom stereocenters. The zero-order chi connectivity index (χ0) is 28.5. The van der Waals surface area contributed by atoms with Crippen molar-refractivity contribution in [3.63, 3.8) is 0 Å². The summed E-state index contributed by atoms with van der Waals surface area (Å²) in [5.74, 6) is 3.98. The topological polar surface area (TPSA) is 58.6 Å². The van der Waals surface area contributed by atoms with Crippen molar-refractivity contribution < 1.29 is 14.3 Å². The second kappa shape index (κ2) is 12.4. The summed E-state index contributed by atoms with van der Waals surface area (Å²) >= 11 is 11.9. The van der Waals surface area contributed by atoms with Crippen molar-refractivity contribution in [2.24, 2.45) is 34.5 Å². The fourth-order valence-corrected chi connectivity index (χ4v) is 10.0. The summed E-state index contributed by atoms with van der Waals surface area (Å²) in [5.41, 5.74) is 2.64. The molecule has 222 valence electrons. The molecule has 0 aliphatic heterocycles. The van der Waals surface area contributed by atoms with E-state index in [1.54, 1.807) is 6.92 Å². The van der Waals surface area contributed by atoms with Crippen molar-refractivity contribution in [2.75, 3.05) is 29.7 Å². The van der Waals surface area contributed by atoms with Crippen LogP contribution in [0.4, 0.5) is 5.69 Å². The molecular formula is C33H48Cl2N2O3. The minimum atomic E-state index is -0.114. The summed E-state index contributed by atoms with van der Waals surface area (Å²) < 4.78 is 6.09. The van der Waals surface area contributed by atoms with Gasteiger partial charge in [-0.3, -0.25) is 9.59 Å². The summed E-state index contributed by atoms with van der Waals surface area (Å²) in [5, 5.41) is 3.30. The third kappa shape index (κ3) is 5.89. The molecule has 0 saturated heterocycles. The van der Waals surface area contributed by atoms with Crippen molar-refractivity contribution in [1.82, 2.24) is 5.32 Å². The number of amides is 1. The van der Waals surface area contributed by atoms with E-state index in [2.05, 4.69) is 24.1 Å². The van der Waals surface area contributed by atoms with Gasteiger partial charge in [0.05, 0.1) is 6.42 Å². The van der Waals surface area contributed by atoms with Gasteiger partial charge in [0.25, 0.3) is 0 Å². The third-order valence-corrected chi connectivity index (χ3v) is 12.0. The zero-order valence-corrected chi connectivity index (χ0v) is 26.1. The number of ether oxygens (including phenoxy) is 1. The van der Waals surface area contributed by atoms with Crippen LogP contribution in [0.5, 0.6) is 0 Å². The number of hydrogen-bond donors (Lipinski definition) is 1. The van der Waals surface area contributed by atoms with Crippen LogP contribution in [0.15, 0.2) is 24.3 Å². The molecule has 1 N–H and O–H groups in total. The number of hydrogen-bond acceptors (Lipinski definition) is 4. The number of carbonyl (C=O) groups excluding carboxylic acids is 2. The molecule has 7 heteroatoms. The van der Waals surface area contributed by atoms with Crippen LogP contribution in [-0.4, -0.2) is 48.9 Å². The van der Waals surface area contributed by atoms with Crippen LogP contribution in [-0.2, 0) is 20.7 Å². The SMILES string of the molecule is CC(=O)N[C@H]1CCC2C3CC[C@H]4C[C@@H](OC(=O)Cc5ccc(N(CCCl)CCCl)cc5)CC[C@]4(C)C3CC[C@@]21C. The van der Waals surface area contributed by atoms with Crippen molar-refractivity contribution in [1.29, 1.82) is 0 Å². The lowest BCUT2D eigenvalue weighted by molar-refractivity contribution is -0.161. The minimum absolute atomic E-state index is 0.0359. The quantitative estimate of drug-likeness (QED) is 0.249. The van der Waals surface area contributed by atoms with Crippen LogP contribution < -0.4 is 10.2 Å². The van der Waals surface area contributed by atoms with E-state index in [4.69, 9.17) is 27.9 Å². The number of halogens is 2. The van der Waals surface area contributed by atoms with E-state index < -0.39 is 0 Å². The van der Waals surface area contributed by atoms with Crippen LogP contribution >= 0.6 is 23.2 Å². The molecule has 1 aromatic rings. The molecule has 0 radical (unpaired) electrons. The molecular weight excluding hydrogens is 543 g/mol. The van der Waals surface area contributed by atoms with Gasteiger partial charge in [-0.15, -0.1) is 23.2 Å². The molecule has 4 aliphatic rings. The average Bonchev–Trinajstić information content (AvgIpc) is 3.24. The van der Waals surface area contributed by atoms with E-state index >= 15 is 0 Å². The van der Waals surface area contributed by atoms with Gasteiger partial charge in [-0.1, -0.05) is 26.0 Å². The van der Waals surface area contributed by atoms with Crippen LogP contribution in [0.2, 0.25) is 0 Å². The molecule has 0 spiro atoms. The van der Waals surface area contributed by atoms with Crippen molar-refractivity contribution in [2.45, 2.75) is 97.1 Å². The summed E-state index contributed by atoms with van der Waals surface area (Å²) in [6.45, 7) is 8.16. The smallest absolute Gasteiger partial charge is 0.310 e. The van der Waals surface area contributed by atoms with Gasteiger partial charge >= 0.3 is 5.97 Å². The first-order chi connectivity index (χ1) is 19.2. The molecule has 3 unspecified atom stereocenters. The summed E-state index contributed by atoms with van der Waals surface area (Å²) in [4.78, 5) is 27.0. The Morgan fingerprint density at radius 1 is 0.925 bits per heavy atom. The number of nitrogens with one attached hydrogen (secondary N) is 1. The Bertz CT molecular complexity index is 1040. The Morgan fingerprint density at radius 2 is 1.60 bits per heavy atom. The lowest BCUT2D eigenvalue weighted by Gasteiger charge is -2.61. The lowest BCUT2D eigenvalue weighted by atomic mass is 9.45. The first-order valence-corrected chi connectivity index (χ1v) is 16.7. The molecule has 0 heterocycles. The van der Waals surface area contributed by atoms with Gasteiger partial charge in [-0.25, -0.2) is 0 Å². The number of rotatable bonds is 9. The van der Waals surface area contributed by atoms with E-state index in [-0.39, 0.29) is 23.4 Å². The number of esters is 1. The number of fused-ring (bicyclic) bond motifs is 5. The fourth-order valence-electron chi connectivity index (χ4n) is 9.60. The largest absolute Gasteiger partial charge is 0.462 e. The average molecular weight is 592 g/mol. The molecule has 0 bridgehead atoms. The van der Waals surface area contributed by atoms with E-state index in [0.717, 1.165) is 67.8 Å². The first-order valence-electron chi connectivity index (χ1n) is 15.6. The molecule has 4 fully saturated rings. The number of benzene rings is 1. The monoisotopic (exact) mass is 590 g/mol. The van der Waals surface area contributed by atoms with Gasteiger partial charge in [0.1, 0.15) is 6.10 Å². The Balaban J connectivity index is 1.16. The molecule has 5 rings (SSSR count). The van der Waals surface area contributed by atoms with Crippen LogP contribution in [0.25, 0.3) is 0 Å². The van der Waals surface area contributed by atoms with Gasteiger partial charge in [0.15, 0.2) is 0 Å². The van der Waals surface area contributed by atoms with E-state index in [9.17, 15) is 9.59 Å². The van der Waals surface area contributed by atoms with Crippen LogP contribution in [0, 0.1) is 34.5 Å². The Morgan fingerprint density at radius 3 is 2.27 bits per heavy atom. The number of carbonyl (C=O) groups is 2. The molecule has 0 aromatic heterocycles. The second-order valence-electron chi connectivity index (χ2n) is 13.6. The minimum Gasteiger partial charge on any atom is -0.462 e. The summed E-state index contributed by atoms with van der Waals surface area (Å²) in [6.07, 6.45) is 10.9. The van der Waals surface area contributed by atoms with Gasteiger partial charge in [-0.05, 0) is 110 Å². The maximum Gasteiger partial charge on any atom is 0.310 e. The van der Waals surface area contributed by atoms with Gasteiger partial charge < -0.3 is 15.0 Å². The van der Waals surface area contributed by atoms with Crippen molar-refractivity contribution in [3.05, 3.63) is 29.8 Å². The highest BCUT2D eigenvalue weighted by atomic mass is 35.5. The molecule has 4 aliphatic carbocycles. The predicted octanol–water partition coefficient (Wildman–Crippen LogP) is 6.97. The maximum absolute atomic E-state index is 12.9. The zero-order valence-electron chi connectivity index (χ0n) is 24.6. The van der Waals surface area contributed by atoms with Gasteiger partial charge in [0.2, 0.25) is 5.91 Å². The standard InChI is InChI=1S/C33H48Cl2N2O3/c1-22(38)36-30-11-10-28-27-9-6-24-21-26(12-14-32(24,2)29(27)13-15-33(28,30)3)40-31(39)20-23-4-7-25(8-5-23)37(18-16-34)19-17-35/h4-5,7-8,24,26-30H,6,9-21H2,1-3H3,(H,36,38)/t24-,26-,27?,28?,29?,30-,32-,33-/m0/s1. The normalized spacial score (nSPS) is 36.6. The lowest BCUT2D eigenvalue weighted by Crippen LogP contribution is -2.56. The van der Waals surface area contributed by atoms with E-state index in [1.807, 2.05) is 24.3 Å². The molecule has 40 heavy (non-hydrogen) atoms. The van der Waals surface area contributed by atoms with Crippen molar-refractivity contribution in [3.8, 4) is 0 Å². The Hall–Kier alpha value is -1.46. The molecule has 4 saturated carbocycles. The molecule has 5 nitrogen and oxygen atoms in total.